The highest BCUT2D eigenvalue weighted by atomic mass is 19.1. The van der Waals surface area contributed by atoms with Gasteiger partial charge in [-0.2, -0.15) is 5.26 Å². The van der Waals surface area contributed by atoms with Gasteiger partial charge in [0.15, 0.2) is 5.82 Å². The van der Waals surface area contributed by atoms with Crippen LogP contribution in [-0.4, -0.2) is 65.8 Å². The Bertz CT molecular complexity index is 1270. The molecular weight excluding hydrogens is 461 g/mol. The van der Waals surface area contributed by atoms with Crippen LogP contribution in [0.15, 0.2) is 39.7 Å². The SMILES string of the molecule is Cc1c([C@H]2CN3CCN(C(=O)C4CCc5cc(N=CN=NN)ncc54)C[C@@H]3CN2)ccc(F)c1C#N. The van der Waals surface area contributed by atoms with Crippen molar-refractivity contribution in [3.63, 3.8) is 0 Å². The zero-order valence-electron chi connectivity index (χ0n) is 20.1. The molecule has 1 amide bonds. The summed E-state index contributed by atoms with van der Waals surface area (Å²) in [5.74, 6) is 4.98. The van der Waals surface area contributed by atoms with Gasteiger partial charge in [-0.25, -0.2) is 14.4 Å². The normalized spacial score (nSPS) is 24.1. The lowest BCUT2D eigenvalue weighted by Gasteiger charge is -2.47. The van der Waals surface area contributed by atoms with E-state index in [2.05, 4.69) is 30.5 Å². The summed E-state index contributed by atoms with van der Waals surface area (Å²) in [5.41, 5.74) is 3.82. The first-order valence-corrected chi connectivity index (χ1v) is 12.1. The number of nitrogens with two attached hydrogens (primary N) is 1. The molecule has 3 N–H and O–H groups in total. The average Bonchev–Trinajstić information content (AvgIpc) is 3.31. The largest absolute Gasteiger partial charge is 0.339 e. The Hall–Kier alpha value is -3.75. The maximum absolute atomic E-state index is 14.0. The maximum atomic E-state index is 14.0. The minimum Gasteiger partial charge on any atom is -0.339 e. The molecule has 0 radical (unpaired) electrons. The second-order valence-corrected chi connectivity index (χ2v) is 9.45. The van der Waals surface area contributed by atoms with Crippen LogP contribution in [0.4, 0.5) is 10.2 Å². The van der Waals surface area contributed by atoms with E-state index in [4.69, 9.17) is 5.84 Å². The van der Waals surface area contributed by atoms with Gasteiger partial charge >= 0.3 is 0 Å². The highest BCUT2D eigenvalue weighted by molar-refractivity contribution is 5.85. The molecular formula is C25H28FN9O. The van der Waals surface area contributed by atoms with Crippen molar-refractivity contribution >= 4 is 18.1 Å². The van der Waals surface area contributed by atoms with Gasteiger partial charge in [0.25, 0.3) is 0 Å². The molecule has 2 fully saturated rings. The molecule has 10 nitrogen and oxygen atoms in total. The predicted octanol–water partition coefficient (Wildman–Crippen LogP) is 2.27. The quantitative estimate of drug-likeness (QED) is 0.222. The highest BCUT2D eigenvalue weighted by Gasteiger charge is 2.39. The number of carbonyl (C=O) groups excluding carboxylic acids is 1. The van der Waals surface area contributed by atoms with Crippen LogP contribution in [0.2, 0.25) is 0 Å². The van der Waals surface area contributed by atoms with Gasteiger partial charge in [-0.1, -0.05) is 11.3 Å². The fraction of sp³-hybridized carbons (Fsp3) is 0.440. The number of nitrogens with zero attached hydrogens (tertiary/aromatic N) is 7. The van der Waals surface area contributed by atoms with E-state index in [1.54, 1.807) is 19.2 Å². The van der Waals surface area contributed by atoms with Crippen molar-refractivity contribution in [2.45, 2.75) is 37.8 Å². The predicted molar refractivity (Wildman–Crippen MR) is 131 cm³/mol. The molecule has 11 heteroatoms. The molecule has 2 saturated heterocycles. The lowest BCUT2D eigenvalue weighted by molar-refractivity contribution is -0.136. The Balaban J connectivity index is 1.23. The van der Waals surface area contributed by atoms with Crippen molar-refractivity contribution in [2.75, 3.05) is 32.7 Å². The molecule has 1 unspecified atom stereocenters. The fourth-order valence-electron chi connectivity index (χ4n) is 5.67. The van der Waals surface area contributed by atoms with Crippen molar-refractivity contribution in [2.24, 2.45) is 21.2 Å². The van der Waals surface area contributed by atoms with E-state index in [0.717, 1.165) is 49.2 Å². The number of benzene rings is 1. The fourth-order valence-corrected chi connectivity index (χ4v) is 5.67. The molecule has 5 rings (SSSR count). The first kappa shape index (κ1) is 24.0. The highest BCUT2D eigenvalue weighted by Crippen LogP contribution is 2.36. The molecule has 3 aliphatic rings. The van der Waals surface area contributed by atoms with E-state index in [1.807, 2.05) is 17.0 Å². The van der Waals surface area contributed by atoms with Gasteiger partial charge in [0.1, 0.15) is 18.2 Å². The van der Waals surface area contributed by atoms with Gasteiger partial charge in [0.05, 0.1) is 11.5 Å². The zero-order valence-corrected chi connectivity index (χ0v) is 20.1. The number of nitriles is 1. The first-order valence-electron chi connectivity index (χ1n) is 12.1. The molecule has 0 spiro atoms. The number of piperazine rings is 2. The minimum absolute atomic E-state index is 0.0205. The van der Waals surface area contributed by atoms with E-state index < -0.39 is 5.82 Å². The van der Waals surface area contributed by atoms with Crippen LogP contribution in [-0.2, 0) is 11.2 Å². The average molecular weight is 490 g/mol. The molecule has 186 valence electrons. The lowest BCUT2D eigenvalue weighted by Crippen LogP contribution is -2.63. The molecule has 0 saturated carbocycles. The molecule has 1 aromatic carbocycles. The first-order chi connectivity index (χ1) is 17.5. The summed E-state index contributed by atoms with van der Waals surface area (Å²) >= 11 is 0. The Morgan fingerprint density at radius 1 is 1.33 bits per heavy atom. The number of nitrogens with one attached hydrogen (secondary N) is 1. The smallest absolute Gasteiger partial charge is 0.230 e. The number of carbonyl (C=O) groups is 1. The van der Waals surface area contributed by atoms with Crippen LogP contribution in [0.5, 0.6) is 0 Å². The van der Waals surface area contributed by atoms with Crippen molar-refractivity contribution in [3.8, 4) is 6.07 Å². The number of aliphatic imine (C=N–C) groups is 1. The van der Waals surface area contributed by atoms with Crippen LogP contribution in [0.3, 0.4) is 0 Å². The number of rotatable bonds is 4. The van der Waals surface area contributed by atoms with Crippen molar-refractivity contribution in [1.29, 1.82) is 5.26 Å². The molecule has 2 aliphatic heterocycles. The zero-order chi connectivity index (χ0) is 25.2. The number of hydrogen-bond acceptors (Lipinski definition) is 7. The van der Waals surface area contributed by atoms with Gasteiger partial charge in [-0.3, -0.25) is 9.69 Å². The van der Waals surface area contributed by atoms with Gasteiger partial charge < -0.3 is 16.1 Å². The van der Waals surface area contributed by atoms with Crippen LogP contribution in [0.25, 0.3) is 0 Å². The number of pyridine rings is 1. The third-order valence-corrected chi connectivity index (χ3v) is 7.57. The topological polar surface area (TPSA) is 135 Å². The summed E-state index contributed by atoms with van der Waals surface area (Å²) in [6, 6.07) is 7.25. The second-order valence-electron chi connectivity index (χ2n) is 9.45. The van der Waals surface area contributed by atoms with E-state index in [9.17, 15) is 14.4 Å². The van der Waals surface area contributed by atoms with Crippen LogP contribution < -0.4 is 11.2 Å². The number of amides is 1. The maximum Gasteiger partial charge on any atom is 0.230 e. The summed E-state index contributed by atoms with van der Waals surface area (Å²) in [4.78, 5) is 26.3. The van der Waals surface area contributed by atoms with Gasteiger partial charge in [-0.15, -0.1) is 5.11 Å². The molecule has 2 aromatic rings. The van der Waals surface area contributed by atoms with Crippen LogP contribution in [0, 0.1) is 24.1 Å². The third kappa shape index (κ3) is 4.45. The third-order valence-electron chi connectivity index (χ3n) is 7.57. The minimum atomic E-state index is -0.481. The summed E-state index contributed by atoms with van der Waals surface area (Å²) in [6.07, 6.45) is 4.57. The summed E-state index contributed by atoms with van der Waals surface area (Å²) < 4.78 is 14.0. The second kappa shape index (κ2) is 10.1. The number of halogens is 1. The number of fused-ring (bicyclic) bond motifs is 2. The van der Waals surface area contributed by atoms with Gasteiger partial charge in [-0.05, 0) is 54.2 Å². The van der Waals surface area contributed by atoms with Crippen molar-refractivity contribution in [1.82, 2.24) is 20.1 Å². The van der Waals surface area contributed by atoms with E-state index in [0.29, 0.717) is 24.5 Å². The van der Waals surface area contributed by atoms with E-state index in [-0.39, 0.29) is 29.5 Å². The molecule has 36 heavy (non-hydrogen) atoms. The Kier molecular flexibility index (Phi) is 6.71. The molecule has 3 heterocycles. The van der Waals surface area contributed by atoms with Crippen LogP contribution >= 0.6 is 0 Å². The summed E-state index contributed by atoms with van der Waals surface area (Å²) in [7, 11) is 0. The van der Waals surface area contributed by atoms with Crippen LogP contribution in [0.1, 0.15) is 46.2 Å². The molecule has 1 aromatic heterocycles. The molecule has 1 aliphatic carbocycles. The standard InChI is InChI=1S/C25H28FN9O/c1-15-18(4-5-22(26)20(15)9-27)23-13-34-6-7-35(12-17(34)10-29-23)25(36)19-3-2-16-8-24(30-11-21(16)19)31-14-32-33-28/h4-5,8,11,14,17,19,23,29H,2-3,6-7,10,12-13H2,1H3,(H2,28,30,31,32)/t17-,19?,23+/m0/s1. The summed E-state index contributed by atoms with van der Waals surface area (Å²) in [5, 5.41) is 19.5. The Morgan fingerprint density at radius 3 is 3.00 bits per heavy atom. The molecule has 3 atom stereocenters. The van der Waals surface area contributed by atoms with E-state index in [1.165, 1.54) is 12.4 Å². The van der Waals surface area contributed by atoms with E-state index >= 15 is 0 Å². The lowest BCUT2D eigenvalue weighted by atomic mass is 9.93. The molecule has 0 bridgehead atoms. The monoisotopic (exact) mass is 489 g/mol. The number of hydrogen-bond donors (Lipinski definition) is 2. The number of aryl methyl sites for hydroxylation is 1. The van der Waals surface area contributed by atoms with Gasteiger partial charge in [0, 0.05) is 51.0 Å². The van der Waals surface area contributed by atoms with Gasteiger partial charge in [0.2, 0.25) is 5.91 Å². The van der Waals surface area contributed by atoms with Crippen molar-refractivity contribution in [3.05, 3.63) is 58.0 Å². The van der Waals surface area contributed by atoms with Crippen molar-refractivity contribution < 1.29 is 9.18 Å². The Morgan fingerprint density at radius 2 is 2.19 bits per heavy atom. The summed E-state index contributed by atoms with van der Waals surface area (Å²) in [6.45, 7) is 5.39. The Labute approximate surface area is 208 Å². The number of aromatic nitrogens is 1.